The molecule has 2 aliphatic rings. The van der Waals surface area contributed by atoms with E-state index in [4.69, 9.17) is 4.52 Å². The van der Waals surface area contributed by atoms with E-state index < -0.39 is 0 Å². The standard InChI is InChI=1S/C28H28N4O3/c1-17-7-8-18(2)21(15-17)29-22-16-23(32-11-9-31(10-12-32)13-14-33)26-25-24(22)27(34)19-5-3-4-6-20(19)28(25)35-30-26/h3-8,15-16,29,33H,9-14H2,1-2H3. The third-order valence-electron chi connectivity index (χ3n) is 7.17. The summed E-state index contributed by atoms with van der Waals surface area (Å²) in [5, 5.41) is 18.2. The molecule has 4 aromatic rings. The molecule has 2 N–H and O–H groups in total. The molecule has 0 unspecified atom stereocenters. The maximum absolute atomic E-state index is 13.8. The van der Waals surface area contributed by atoms with E-state index in [-0.39, 0.29) is 12.4 Å². The van der Waals surface area contributed by atoms with Crippen molar-refractivity contribution in [1.29, 1.82) is 0 Å². The number of ketones is 1. The Morgan fingerprint density at radius 1 is 1.00 bits per heavy atom. The normalized spacial score (nSPS) is 15.5. The number of fused-ring (bicyclic) bond motifs is 2. The van der Waals surface area contributed by atoms with Gasteiger partial charge in [-0.3, -0.25) is 9.69 Å². The molecule has 6 rings (SSSR count). The Morgan fingerprint density at radius 3 is 2.54 bits per heavy atom. The number of aliphatic hydroxyl groups excluding tert-OH is 1. The van der Waals surface area contributed by atoms with Crippen molar-refractivity contribution in [3.05, 3.63) is 70.8 Å². The number of β-amino-alcohol motifs (C(OH)–C–C–N with tert-alkyl or cyclic N) is 1. The van der Waals surface area contributed by atoms with Crippen molar-refractivity contribution in [3.8, 4) is 11.3 Å². The molecule has 1 aliphatic heterocycles. The van der Waals surface area contributed by atoms with E-state index >= 15 is 0 Å². The predicted octanol–water partition coefficient (Wildman–Crippen LogP) is 4.51. The van der Waals surface area contributed by atoms with Crippen LogP contribution in [0.4, 0.5) is 17.1 Å². The van der Waals surface area contributed by atoms with E-state index in [2.05, 4.69) is 58.4 Å². The van der Waals surface area contributed by atoms with Crippen LogP contribution in [0.5, 0.6) is 0 Å². The number of anilines is 3. The van der Waals surface area contributed by atoms with Crippen LogP contribution in [0.1, 0.15) is 27.0 Å². The summed E-state index contributed by atoms with van der Waals surface area (Å²) in [4.78, 5) is 18.4. The minimum absolute atomic E-state index is 0.0200. The molecule has 0 spiro atoms. The molecule has 0 saturated carbocycles. The van der Waals surface area contributed by atoms with E-state index in [0.717, 1.165) is 70.8 Å². The predicted molar refractivity (Wildman–Crippen MR) is 138 cm³/mol. The molecule has 35 heavy (non-hydrogen) atoms. The maximum atomic E-state index is 13.8. The molecule has 1 saturated heterocycles. The van der Waals surface area contributed by atoms with E-state index in [1.807, 2.05) is 24.3 Å². The van der Waals surface area contributed by atoms with Crippen LogP contribution < -0.4 is 10.2 Å². The van der Waals surface area contributed by atoms with E-state index in [0.29, 0.717) is 23.4 Å². The van der Waals surface area contributed by atoms with Crippen LogP contribution >= 0.6 is 0 Å². The first kappa shape index (κ1) is 21.8. The van der Waals surface area contributed by atoms with Gasteiger partial charge in [-0.15, -0.1) is 0 Å². The van der Waals surface area contributed by atoms with Gasteiger partial charge >= 0.3 is 0 Å². The zero-order chi connectivity index (χ0) is 24.1. The molecule has 3 aromatic carbocycles. The highest BCUT2D eigenvalue weighted by Gasteiger charge is 2.34. The molecule has 0 bridgehead atoms. The highest BCUT2D eigenvalue weighted by molar-refractivity contribution is 6.28. The average Bonchev–Trinajstić information content (AvgIpc) is 3.31. The van der Waals surface area contributed by atoms with Gasteiger partial charge in [0.25, 0.3) is 0 Å². The van der Waals surface area contributed by atoms with Crippen LogP contribution in [-0.2, 0) is 0 Å². The van der Waals surface area contributed by atoms with Gasteiger partial charge in [0.15, 0.2) is 11.5 Å². The van der Waals surface area contributed by atoms with Crippen molar-refractivity contribution in [2.75, 3.05) is 49.5 Å². The highest BCUT2D eigenvalue weighted by Crippen LogP contribution is 2.46. The van der Waals surface area contributed by atoms with Gasteiger partial charge in [0.05, 0.1) is 28.9 Å². The second-order valence-electron chi connectivity index (χ2n) is 9.42. The number of hydrogen-bond donors (Lipinski definition) is 2. The van der Waals surface area contributed by atoms with E-state index in [1.54, 1.807) is 0 Å². The fourth-order valence-corrected chi connectivity index (χ4v) is 5.25. The van der Waals surface area contributed by atoms with Crippen molar-refractivity contribution < 1.29 is 14.4 Å². The van der Waals surface area contributed by atoms with Crippen molar-refractivity contribution in [2.24, 2.45) is 0 Å². The Kier molecular flexibility index (Phi) is 5.31. The van der Waals surface area contributed by atoms with Gasteiger partial charge in [-0.25, -0.2) is 0 Å². The Labute approximate surface area is 203 Å². The third-order valence-corrected chi connectivity index (χ3v) is 7.17. The second kappa shape index (κ2) is 8.52. The van der Waals surface area contributed by atoms with E-state index in [9.17, 15) is 9.90 Å². The summed E-state index contributed by atoms with van der Waals surface area (Å²) in [6.07, 6.45) is 0. The largest absolute Gasteiger partial charge is 0.395 e. The number of aliphatic hydroxyl groups is 1. The number of benzene rings is 3. The van der Waals surface area contributed by atoms with Gasteiger partial charge in [0, 0.05) is 49.5 Å². The molecule has 7 heteroatoms. The van der Waals surface area contributed by atoms with Gasteiger partial charge in [0.1, 0.15) is 5.52 Å². The fourth-order valence-electron chi connectivity index (χ4n) is 5.25. The Hall–Kier alpha value is -3.68. The molecule has 0 atom stereocenters. The first-order chi connectivity index (χ1) is 17.0. The quantitative estimate of drug-likeness (QED) is 0.393. The molecule has 2 heterocycles. The molecule has 0 amide bonds. The lowest BCUT2D eigenvalue weighted by molar-refractivity contribution is 0.104. The number of carbonyl (C=O) groups is 1. The maximum Gasteiger partial charge on any atom is 0.196 e. The lowest BCUT2D eigenvalue weighted by atomic mass is 9.86. The molecule has 1 aliphatic carbocycles. The number of nitrogens with one attached hydrogen (secondary N) is 1. The van der Waals surface area contributed by atoms with Gasteiger partial charge in [-0.2, -0.15) is 0 Å². The smallest absolute Gasteiger partial charge is 0.196 e. The fraction of sp³-hybridized carbons (Fsp3) is 0.286. The van der Waals surface area contributed by atoms with Gasteiger partial charge in [-0.05, 0) is 37.1 Å². The zero-order valence-electron chi connectivity index (χ0n) is 20.0. The Morgan fingerprint density at radius 2 is 1.77 bits per heavy atom. The second-order valence-corrected chi connectivity index (χ2v) is 9.42. The number of rotatable bonds is 5. The van der Waals surface area contributed by atoms with Crippen LogP contribution in [0.3, 0.4) is 0 Å². The molecule has 1 aromatic heterocycles. The average molecular weight is 469 g/mol. The minimum atomic E-state index is -0.0200. The molecule has 7 nitrogen and oxygen atoms in total. The summed E-state index contributed by atoms with van der Waals surface area (Å²) in [6.45, 7) is 8.31. The van der Waals surface area contributed by atoms with Crippen molar-refractivity contribution in [3.63, 3.8) is 0 Å². The number of aryl methyl sites for hydroxylation is 2. The lowest BCUT2D eigenvalue weighted by Crippen LogP contribution is -2.47. The summed E-state index contributed by atoms with van der Waals surface area (Å²) < 4.78 is 5.91. The highest BCUT2D eigenvalue weighted by atomic mass is 16.5. The van der Waals surface area contributed by atoms with Crippen LogP contribution in [-0.4, -0.2) is 60.3 Å². The third kappa shape index (κ3) is 3.59. The minimum Gasteiger partial charge on any atom is -0.395 e. The number of carbonyl (C=O) groups excluding carboxylic acids is 1. The molecular formula is C28H28N4O3. The number of aromatic nitrogens is 1. The van der Waals surface area contributed by atoms with Crippen LogP contribution in [0.15, 0.2) is 53.1 Å². The summed E-state index contributed by atoms with van der Waals surface area (Å²) >= 11 is 0. The molecule has 0 radical (unpaired) electrons. The van der Waals surface area contributed by atoms with Crippen LogP contribution in [0, 0.1) is 13.8 Å². The van der Waals surface area contributed by atoms with Crippen molar-refractivity contribution in [2.45, 2.75) is 13.8 Å². The zero-order valence-corrected chi connectivity index (χ0v) is 20.0. The summed E-state index contributed by atoms with van der Waals surface area (Å²) in [7, 11) is 0. The first-order valence-electron chi connectivity index (χ1n) is 12.1. The van der Waals surface area contributed by atoms with Crippen molar-refractivity contribution >= 4 is 33.7 Å². The summed E-state index contributed by atoms with van der Waals surface area (Å²) in [5.74, 6) is 0.628. The van der Waals surface area contributed by atoms with E-state index in [1.165, 1.54) is 0 Å². The van der Waals surface area contributed by atoms with Crippen LogP contribution in [0.2, 0.25) is 0 Å². The van der Waals surface area contributed by atoms with Crippen molar-refractivity contribution in [1.82, 2.24) is 10.1 Å². The topological polar surface area (TPSA) is 81.8 Å². The first-order valence-corrected chi connectivity index (χ1v) is 12.1. The van der Waals surface area contributed by atoms with Gasteiger partial charge < -0.3 is 19.8 Å². The number of piperazine rings is 1. The van der Waals surface area contributed by atoms with Gasteiger partial charge in [0.2, 0.25) is 0 Å². The SMILES string of the molecule is Cc1ccc(C)c(Nc2cc(N3CCN(CCO)CC3)c3noc4c3c2C(=O)c2ccccc2-4)c1. The molecule has 178 valence electrons. The van der Waals surface area contributed by atoms with Crippen LogP contribution in [0.25, 0.3) is 22.2 Å². The van der Waals surface area contributed by atoms with Gasteiger partial charge in [-0.1, -0.05) is 41.6 Å². The Bertz CT molecular complexity index is 1450. The molecular weight excluding hydrogens is 440 g/mol. The summed E-state index contributed by atoms with van der Waals surface area (Å²) in [5.41, 5.74) is 7.71. The monoisotopic (exact) mass is 468 g/mol. The number of hydrogen-bond acceptors (Lipinski definition) is 7. The summed E-state index contributed by atoms with van der Waals surface area (Å²) in [6, 6.07) is 15.9. The molecule has 1 fully saturated rings. The number of nitrogens with zero attached hydrogens (tertiary/aromatic N) is 3. The Balaban J connectivity index is 1.53. The lowest BCUT2D eigenvalue weighted by Gasteiger charge is -2.36.